The summed E-state index contributed by atoms with van der Waals surface area (Å²) in [6.07, 6.45) is 3.26. The van der Waals surface area contributed by atoms with Crippen LogP contribution < -0.4 is 4.74 Å². The lowest BCUT2D eigenvalue weighted by Gasteiger charge is -2.05. The van der Waals surface area contributed by atoms with E-state index in [4.69, 9.17) is 9.15 Å². The monoisotopic (exact) mass is 357 g/mol. The summed E-state index contributed by atoms with van der Waals surface area (Å²) in [7, 11) is 0. The van der Waals surface area contributed by atoms with Gasteiger partial charge < -0.3 is 9.15 Å². The van der Waals surface area contributed by atoms with Gasteiger partial charge in [-0.3, -0.25) is 4.79 Å². The molecule has 0 saturated carbocycles. The third-order valence-corrected chi connectivity index (χ3v) is 4.34. The first kappa shape index (κ1) is 17.0. The van der Waals surface area contributed by atoms with E-state index in [1.807, 2.05) is 72.8 Å². The Hall–Kier alpha value is -3.40. The van der Waals surface area contributed by atoms with Gasteiger partial charge in [-0.05, 0) is 29.3 Å². The van der Waals surface area contributed by atoms with Crippen LogP contribution in [0.2, 0.25) is 0 Å². The van der Waals surface area contributed by atoms with E-state index in [1.54, 1.807) is 6.20 Å². The van der Waals surface area contributed by atoms with E-state index in [0.717, 1.165) is 22.1 Å². The SMILES string of the molecule is O=C(CCCc1ncc(-c2ccccc2)o1)Oc1ccc2ccccc2c1. The molecule has 4 nitrogen and oxygen atoms in total. The number of aromatic nitrogens is 1. The average Bonchev–Trinajstić information content (AvgIpc) is 3.17. The van der Waals surface area contributed by atoms with E-state index < -0.39 is 0 Å². The Bertz CT molecular complexity index is 1050. The predicted molar refractivity (Wildman–Crippen MR) is 104 cm³/mol. The van der Waals surface area contributed by atoms with Crippen molar-refractivity contribution < 1.29 is 13.9 Å². The number of oxazole rings is 1. The maximum Gasteiger partial charge on any atom is 0.311 e. The molecule has 0 radical (unpaired) electrons. The fourth-order valence-electron chi connectivity index (χ4n) is 2.96. The van der Waals surface area contributed by atoms with Crippen LogP contribution in [0.15, 0.2) is 83.4 Å². The van der Waals surface area contributed by atoms with Crippen molar-refractivity contribution in [2.45, 2.75) is 19.3 Å². The van der Waals surface area contributed by atoms with Gasteiger partial charge in [0.25, 0.3) is 0 Å². The molecule has 4 rings (SSSR count). The first-order valence-corrected chi connectivity index (χ1v) is 8.97. The Morgan fingerprint density at radius 2 is 1.70 bits per heavy atom. The molecule has 134 valence electrons. The number of carbonyl (C=O) groups is 1. The minimum atomic E-state index is -0.250. The number of nitrogens with zero attached hydrogens (tertiary/aromatic N) is 1. The summed E-state index contributed by atoms with van der Waals surface area (Å²) in [5, 5.41) is 2.17. The van der Waals surface area contributed by atoms with Crippen LogP contribution in [0.5, 0.6) is 5.75 Å². The van der Waals surface area contributed by atoms with Crippen molar-refractivity contribution in [2.24, 2.45) is 0 Å². The number of rotatable bonds is 6. The summed E-state index contributed by atoms with van der Waals surface area (Å²) in [5.41, 5.74) is 0.993. The van der Waals surface area contributed by atoms with Gasteiger partial charge in [0, 0.05) is 18.4 Å². The van der Waals surface area contributed by atoms with Crippen molar-refractivity contribution >= 4 is 16.7 Å². The largest absolute Gasteiger partial charge is 0.441 e. The highest BCUT2D eigenvalue weighted by molar-refractivity contribution is 5.84. The van der Waals surface area contributed by atoms with Gasteiger partial charge in [0.15, 0.2) is 11.7 Å². The van der Waals surface area contributed by atoms with Gasteiger partial charge in [0.05, 0.1) is 6.20 Å². The summed E-state index contributed by atoms with van der Waals surface area (Å²) in [6, 6.07) is 23.5. The molecule has 0 amide bonds. The third-order valence-electron chi connectivity index (χ3n) is 4.34. The summed E-state index contributed by atoms with van der Waals surface area (Å²) in [5.74, 6) is 1.69. The molecule has 0 unspecified atom stereocenters. The normalized spacial score (nSPS) is 10.8. The van der Waals surface area contributed by atoms with Crippen LogP contribution in [-0.4, -0.2) is 11.0 Å². The zero-order chi connectivity index (χ0) is 18.5. The van der Waals surface area contributed by atoms with Gasteiger partial charge in [0.1, 0.15) is 5.75 Å². The number of aryl methyl sites for hydroxylation is 1. The van der Waals surface area contributed by atoms with Gasteiger partial charge in [-0.25, -0.2) is 4.98 Å². The van der Waals surface area contributed by atoms with Crippen LogP contribution in [0.3, 0.4) is 0 Å². The number of ether oxygens (including phenoxy) is 1. The zero-order valence-electron chi connectivity index (χ0n) is 14.8. The Kier molecular flexibility index (Phi) is 4.97. The van der Waals surface area contributed by atoms with Crippen molar-refractivity contribution in [2.75, 3.05) is 0 Å². The van der Waals surface area contributed by atoms with Gasteiger partial charge >= 0.3 is 5.97 Å². The van der Waals surface area contributed by atoms with E-state index in [2.05, 4.69) is 4.98 Å². The molecular formula is C23H19NO3. The van der Waals surface area contributed by atoms with E-state index in [1.165, 1.54) is 0 Å². The van der Waals surface area contributed by atoms with Crippen LogP contribution in [-0.2, 0) is 11.2 Å². The number of fused-ring (bicyclic) bond motifs is 1. The molecule has 0 fully saturated rings. The second-order valence-electron chi connectivity index (χ2n) is 6.32. The van der Waals surface area contributed by atoms with Crippen molar-refractivity contribution in [1.82, 2.24) is 4.98 Å². The van der Waals surface area contributed by atoms with Crippen molar-refractivity contribution in [3.63, 3.8) is 0 Å². The fourth-order valence-corrected chi connectivity index (χ4v) is 2.96. The maximum absolute atomic E-state index is 12.1. The Morgan fingerprint density at radius 1 is 0.926 bits per heavy atom. The molecule has 0 aliphatic rings. The van der Waals surface area contributed by atoms with Gasteiger partial charge in [-0.1, -0.05) is 60.7 Å². The smallest absolute Gasteiger partial charge is 0.311 e. The second-order valence-corrected chi connectivity index (χ2v) is 6.32. The highest BCUT2D eigenvalue weighted by Gasteiger charge is 2.09. The summed E-state index contributed by atoms with van der Waals surface area (Å²) in [4.78, 5) is 16.4. The molecule has 0 saturated heterocycles. The van der Waals surface area contributed by atoms with Crippen LogP contribution in [0.25, 0.3) is 22.1 Å². The standard InChI is InChI=1S/C23H19NO3/c25-23(26-20-14-13-17-7-4-5-10-19(17)15-20)12-6-11-22-24-16-21(27-22)18-8-2-1-3-9-18/h1-5,7-10,13-16H,6,11-12H2. The van der Waals surface area contributed by atoms with Crippen LogP contribution >= 0.6 is 0 Å². The van der Waals surface area contributed by atoms with Crippen molar-refractivity contribution in [1.29, 1.82) is 0 Å². The first-order valence-electron chi connectivity index (χ1n) is 8.97. The van der Waals surface area contributed by atoms with Crippen molar-refractivity contribution in [3.05, 3.63) is 84.9 Å². The molecule has 0 spiro atoms. The molecular weight excluding hydrogens is 338 g/mol. The number of hydrogen-bond acceptors (Lipinski definition) is 4. The molecule has 0 aliphatic carbocycles. The van der Waals surface area contributed by atoms with Crippen molar-refractivity contribution in [3.8, 4) is 17.1 Å². The van der Waals surface area contributed by atoms with E-state index >= 15 is 0 Å². The van der Waals surface area contributed by atoms with Crippen LogP contribution in [0, 0.1) is 0 Å². The van der Waals surface area contributed by atoms with E-state index in [0.29, 0.717) is 30.9 Å². The first-order chi connectivity index (χ1) is 13.3. The second kappa shape index (κ2) is 7.87. The molecule has 0 aliphatic heterocycles. The maximum atomic E-state index is 12.1. The lowest BCUT2D eigenvalue weighted by Crippen LogP contribution is -2.08. The number of hydrogen-bond donors (Lipinski definition) is 0. The quantitative estimate of drug-likeness (QED) is 0.341. The Labute approximate surface area is 157 Å². The Morgan fingerprint density at radius 3 is 2.56 bits per heavy atom. The lowest BCUT2D eigenvalue weighted by molar-refractivity contribution is -0.134. The highest BCUT2D eigenvalue weighted by Crippen LogP contribution is 2.22. The van der Waals surface area contributed by atoms with Gasteiger partial charge in [0.2, 0.25) is 0 Å². The number of benzene rings is 3. The van der Waals surface area contributed by atoms with E-state index in [-0.39, 0.29) is 5.97 Å². The van der Waals surface area contributed by atoms with Gasteiger partial charge in [-0.15, -0.1) is 0 Å². The van der Waals surface area contributed by atoms with Crippen LogP contribution in [0.1, 0.15) is 18.7 Å². The summed E-state index contributed by atoms with van der Waals surface area (Å²) >= 11 is 0. The zero-order valence-corrected chi connectivity index (χ0v) is 14.8. The molecule has 1 heterocycles. The lowest BCUT2D eigenvalue weighted by atomic mass is 10.1. The molecule has 1 aromatic heterocycles. The third kappa shape index (κ3) is 4.23. The highest BCUT2D eigenvalue weighted by atomic mass is 16.5. The number of carbonyl (C=O) groups excluding carboxylic acids is 1. The average molecular weight is 357 g/mol. The molecule has 4 aromatic rings. The molecule has 0 N–H and O–H groups in total. The Balaban J connectivity index is 1.30. The van der Waals surface area contributed by atoms with Crippen LogP contribution in [0.4, 0.5) is 0 Å². The minimum absolute atomic E-state index is 0.250. The molecule has 27 heavy (non-hydrogen) atoms. The topological polar surface area (TPSA) is 52.3 Å². The molecule has 3 aromatic carbocycles. The fraction of sp³-hybridized carbons (Fsp3) is 0.130. The summed E-state index contributed by atoms with van der Waals surface area (Å²) in [6.45, 7) is 0. The molecule has 0 bridgehead atoms. The van der Waals surface area contributed by atoms with E-state index in [9.17, 15) is 4.79 Å². The number of esters is 1. The summed E-state index contributed by atoms with van der Waals surface area (Å²) < 4.78 is 11.2. The predicted octanol–water partition coefficient (Wildman–Crippen LogP) is 5.42. The molecule has 0 atom stereocenters. The molecule has 4 heteroatoms. The minimum Gasteiger partial charge on any atom is -0.441 e. The van der Waals surface area contributed by atoms with Gasteiger partial charge in [-0.2, -0.15) is 0 Å².